The van der Waals surface area contributed by atoms with Crippen molar-refractivity contribution in [1.82, 2.24) is 9.97 Å². The van der Waals surface area contributed by atoms with E-state index in [1.807, 2.05) is 0 Å². The van der Waals surface area contributed by atoms with Gasteiger partial charge in [-0.2, -0.15) is 0 Å². The summed E-state index contributed by atoms with van der Waals surface area (Å²) in [6.45, 7) is 0. The number of aromatic carboxylic acids is 1. The summed E-state index contributed by atoms with van der Waals surface area (Å²) in [5.41, 5.74) is 0. The lowest BCUT2D eigenvalue weighted by atomic mass is 10.5. The number of halogens is 2. The Balaban J connectivity index is 2.35. The highest BCUT2D eigenvalue weighted by Crippen LogP contribution is 2.28. The lowest BCUT2D eigenvalue weighted by molar-refractivity contribution is 0.0702. The van der Waals surface area contributed by atoms with Crippen LogP contribution in [0.4, 0.5) is 5.82 Å². The van der Waals surface area contributed by atoms with Gasteiger partial charge in [0, 0.05) is 5.38 Å². The van der Waals surface area contributed by atoms with Crippen molar-refractivity contribution in [2.45, 2.75) is 4.90 Å². The molecule has 0 saturated carbocycles. The zero-order chi connectivity index (χ0) is 14.9. The second kappa shape index (κ2) is 5.52. The van der Waals surface area contributed by atoms with Crippen LogP contribution < -0.4 is 4.72 Å². The van der Waals surface area contributed by atoms with Gasteiger partial charge in [-0.05, 0) is 6.07 Å². The van der Waals surface area contributed by atoms with Crippen molar-refractivity contribution >= 4 is 56.3 Å². The number of sulfonamides is 1. The Morgan fingerprint density at radius 3 is 2.65 bits per heavy atom. The number of carbonyl (C=O) groups is 1. The van der Waals surface area contributed by atoms with Crippen molar-refractivity contribution in [3.05, 3.63) is 32.8 Å². The minimum atomic E-state index is -4.00. The molecule has 0 aliphatic rings. The quantitative estimate of drug-likeness (QED) is 0.816. The van der Waals surface area contributed by atoms with Crippen LogP contribution in [0.1, 0.15) is 9.67 Å². The van der Waals surface area contributed by atoms with Crippen LogP contribution in [0, 0.1) is 0 Å². The highest BCUT2D eigenvalue weighted by molar-refractivity contribution is 7.92. The normalized spacial score (nSPS) is 11.3. The van der Waals surface area contributed by atoms with Gasteiger partial charge in [0.15, 0.2) is 11.0 Å². The fourth-order valence-corrected chi connectivity index (χ4v) is 3.64. The molecule has 0 aromatic carbocycles. The molecule has 0 atom stereocenters. The average Bonchev–Trinajstić information content (AvgIpc) is 2.85. The van der Waals surface area contributed by atoms with Crippen molar-refractivity contribution in [2.75, 3.05) is 4.72 Å². The number of aromatic nitrogens is 2. The van der Waals surface area contributed by atoms with Crippen molar-refractivity contribution in [3.63, 3.8) is 0 Å². The molecule has 11 heteroatoms. The molecule has 106 valence electrons. The monoisotopic (exact) mass is 353 g/mol. The van der Waals surface area contributed by atoms with Gasteiger partial charge in [-0.3, -0.25) is 4.72 Å². The smallest absolute Gasteiger partial charge is 0.345 e. The first-order chi connectivity index (χ1) is 9.31. The molecule has 0 aliphatic heterocycles. The molecule has 0 unspecified atom stereocenters. The maximum Gasteiger partial charge on any atom is 0.345 e. The van der Waals surface area contributed by atoms with E-state index in [-0.39, 0.29) is 25.8 Å². The fraction of sp³-hybridized carbons (Fsp3) is 0. The molecule has 0 spiro atoms. The maximum atomic E-state index is 12.0. The second-order valence-electron chi connectivity index (χ2n) is 3.38. The van der Waals surface area contributed by atoms with Gasteiger partial charge in [0.05, 0.1) is 4.90 Å². The SMILES string of the molecule is O=C(O)c1cc(S(=O)(=O)Nc2ncnc(Cl)c2Cl)cs1. The Kier molecular flexibility index (Phi) is 4.14. The first-order valence-electron chi connectivity index (χ1n) is 4.82. The van der Waals surface area contributed by atoms with E-state index in [0.29, 0.717) is 0 Å². The number of hydrogen-bond acceptors (Lipinski definition) is 6. The zero-order valence-electron chi connectivity index (χ0n) is 9.37. The molecular formula is C9H5Cl2N3O4S2. The minimum Gasteiger partial charge on any atom is -0.477 e. The molecule has 2 rings (SSSR count). The lowest BCUT2D eigenvalue weighted by Crippen LogP contribution is -2.14. The van der Waals surface area contributed by atoms with E-state index in [9.17, 15) is 13.2 Å². The summed E-state index contributed by atoms with van der Waals surface area (Å²) in [6.07, 6.45) is 1.04. The molecular weight excluding hydrogens is 349 g/mol. The fourth-order valence-electron chi connectivity index (χ4n) is 1.18. The molecule has 0 bridgehead atoms. The van der Waals surface area contributed by atoms with Gasteiger partial charge in [-0.1, -0.05) is 23.2 Å². The van der Waals surface area contributed by atoms with Gasteiger partial charge in [0.2, 0.25) is 0 Å². The van der Waals surface area contributed by atoms with Crippen molar-refractivity contribution in [2.24, 2.45) is 0 Å². The summed E-state index contributed by atoms with van der Waals surface area (Å²) in [5, 5.41) is 9.72. The first-order valence-corrected chi connectivity index (χ1v) is 7.94. The van der Waals surface area contributed by atoms with Crippen LogP contribution in [0.3, 0.4) is 0 Å². The van der Waals surface area contributed by atoms with Gasteiger partial charge in [0.25, 0.3) is 10.0 Å². The molecule has 2 N–H and O–H groups in total. The van der Waals surface area contributed by atoms with E-state index in [0.717, 1.165) is 23.7 Å². The van der Waals surface area contributed by atoms with Gasteiger partial charge < -0.3 is 5.11 Å². The van der Waals surface area contributed by atoms with Crippen molar-refractivity contribution in [3.8, 4) is 0 Å². The Morgan fingerprint density at radius 2 is 2.05 bits per heavy atom. The van der Waals surface area contributed by atoms with Gasteiger partial charge in [-0.15, -0.1) is 11.3 Å². The molecule has 0 fully saturated rings. The topological polar surface area (TPSA) is 109 Å². The Labute approximate surface area is 127 Å². The number of hydrogen-bond donors (Lipinski definition) is 2. The molecule has 0 saturated heterocycles. The van der Waals surface area contributed by atoms with Crippen molar-refractivity contribution in [1.29, 1.82) is 0 Å². The van der Waals surface area contributed by atoms with Gasteiger partial charge >= 0.3 is 5.97 Å². The van der Waals surface area contributed by atoms with E-state index < -0.39 is 16.0 Å². The van der Waals surface area contributed by atoms with Crippen LogP contribution >= 0.6 is 34.5 Å². The predicted molar refractivity (Wildman–Crippen MR) is 74.1 cm³/mol. The number of anilines is 1. The maximum absolute atomic E-state index is 12.0. The minimum absolute atomic E-state index is 0.0998. The number of carboxylic acid groups (broad SMARTS) is 1. The highest BCUT2D eigenvalue weighted by Gasteiger charge is 2.21. The number of carboxylic acids is 1. The summed E-state index contributed by atoms with van der Waals surface area (Å²) >= 11 is 12.2. The molecule has 0 radical (unpaired) electrons. The average molecular weight is 354 g/mol. The van der Waals surface area contributed by atoms with E-state index in [1.54, 1.807) is 0 Å². The number of thiophene rings is 1. The molecule has 2 heterocycles. The largest absolute Gasteiger partial charge is 0.477 e. The summed E-state index contributed by atoms with van der Waals surface area (Å²) in [7, 11) is -4.00. The van der Waals surface area contributed by atoms with Crippen LogP contribution in [0.2, 0.25) is 10.2 Å². The van der Waals surface area contributed by atoms with Crippen LogP contribution in [-0.2, 0) is 10.0 Å². The molecule has 0 aliphatic carbocycles. The standard InChI is InChI=1S/C9H5Cl2N3O4S2/c10-6-7(11)12-3-13-8(6)14-20(17,18)4-1-5(9(15)16)19-2-4/h1-3H,(H,15,16)(H,12,13,14). The lowest BCUT2D eigenvalue weighted by Gasteiger charge is -2.07. The van der Waals surface area contributed by atoms with Crippen LogP contribution in [0.5, 0.6) is 0 Å². The van der Waals surface area contributed by atoms with E-state index in [2.05, 4.69) is 14.7 Å². The summed E-state index contributed by atoms with van der Waals surface area (Å²) in [5.74, 6) is -1.39. The third-order valence-electron chi connectivity index (χ3n) is 2.07. The van der Waals surface area contributed by atoms with Crippen LogP contribution in [0.15, 0.2) is 22.7 Å². The third kappa shape index (κ3) is 3.01. The number of rotatable bonds is 4. The Bertz CT molecular complexity index is 775. The summed E-state index contributed by atoms with van der Waals surface area (Å²) in [6, 6.07) is 1.03. The molecule has 20 heavy (non-hydrogen) atoms. The summed E-state index contributed by atoms with van der Waals surface area (Å²) < 4.78 is 26.2. The van der Waals surface area contributed by atoms with Crippen LogP contribution in [0.25, 0.3) is 0 Å². The Hall–Kier alpha value is -1.42. The first kappa shape index (κ1) is 15.0. The van der Waals surface area contributed by atoms with E-state index in [1.165, 1.54) is 5.38 Å². The molecule has 2 aromatic heterocycles. The summed E-state index contributed by atoms with van der Waals surface area (Å²) in [4.78, 5) is 17.7. The van der Waals surface area contributed by atoms with Crippen LogP contribution in [-0.4, -0.2) is 29.5 Å². The van der Waals surface area contributed by atoms with E-state index >= 15 is 0 Å². The van der Waals surface area contributed by atoms with E-state index in [4.69, 9.17) is 28.3 Å². The van der Waals surface area contributed by atoms with Gasteiger partial charge in [-0.25, -0.2) is 23.2 Å². The third-order valence-corrected chi connectivity index (χ3v) is 5.20. The zero-order valence-corrected chi connectivity index (χ0v) is 12.5. The highest BCUT2D eigenvalue weighted by atomic mass is 35.5. The number of nitrogens with one attached hydrogen (secondary N) is 1. The molecule has 2 aromatic rings. The van der Waals surface area contributed by atoms with Crippen molar-refractivity contribution < 1.29 is 18.3 Å². The second-order valence-corrected chi connectivity index (χ2v) is 6.71. The molecule has 7 nitrogen and oxygen atoms in total. The predicted octanol–water partition coefficient (Wildman–Crippen LogP) is 2.34. The molecule has 0 amide bonds. The number of nitrogens with zero attached hydrogens (tertiary/aromatic N) is 2. The Morgan fingerprint density at radius 1 is 1.35 bits per heavy atom. The van der Waals surface area contributed by atoms with Gasteiger partial charge in [0.1, 0.15) is 16.2 Å².